The average Bonchev–Trinajstić information content (AvgIpc) is 2.85. The molecule has 0 saturated carbocycles. The molecule has 4 rings (SSSR count). The molecule has 0 unspecified atom stereocenters. The van der Waals surface area contributed by atoms with Gasteiger partial charge in [-0.1, -0.05) is 30.3 Å². The Balaban J connectivity index is 1.48. The van der Waals surface area contributed by atoms with Crippen LogP contribution in [-0.2, 0) is 21.4 Å². The van der Waals surface area contributed by atoms with Crippen molar-refractivity contribution in [2.75, 3.05) is 20.2 Å². The van der Waals surface area contributed by atoms with Gasteiger partial charge in [-0.05, 0) is 56.4 Å². The maximum absolute atomic E-state index is 12.9. The maximum Gasteiger partial charge on any atom is 0.339 e. The number of fused-ring (bicyclic) bond motifs is 1. The second kappa shape index (κ2) is 9.33. The SMILES string of the molecule is COc1ccc2c(C)c(CCC(=O)N3CCC(C(=O)O)(c4ccccc4)CC3)c(=O)oc2c1C. The van der Waals surface area contributed by atoms with Crippen LogP contribution in [0.1, 0.15) is 41.5 Å². The van der Waals surface area contributed by atoms with E-state index in [4.69, 9.17) is 9.15 Å². The summed E-state index contributed by atoms with van der Waals surface area (Å²) in [5, 5.41) is 10.8. The van der Waals surface area contributed by atoms with E-state index in [2.05, 4.69) is 0 Å². The van der Waals surface area contributed by atoms with E-state index in [9.17, 15) is 19.5 Å². The fraction of sp³-hybridized carbons (Fsp3) is 0.370. The highest BCUT2D eigenvalue weighted by Crippen LogP contribution is 2.36. The van der Waals surface area contributed by atoms with E-state index in [1.165, 1.54) is 0 Å². The van der Waals surface area contributed by atoms with Crippen molar-refractivity contribution in [1.29, 1.82) is 0 Å². The molecule has 0 bridgehead atoms. The van der Waals surface area contributed by atoms with Gasteiger partial charge >= 0.3 is 11.6 Å². The quantitative estimate of drug-likeness (QED) is 0.555. The number of benzene rings is 2. The van der Waals surface area contributed by atoms with Crippen molar-refractivity contribution < 1.29 is 23.8 Å². The number of carbonyl (C=O) groups excluding carboxylic acids is 1. The van der Waals surface area contributed by atoms with Crippen LogP contribution in [0.5, 0.6) is 5.75 Å². The van der Waals surface area contributed by atoms with Crippen molar-refractivity contribution in [2.45, 2.75) is 44.9 Å². The van der Waals surface area contributed by atoms with Crippen molar-refractivity contribution in [3.05, 3.63) is 75.1 Å². The van der Waals surface area contributed by atoms with Gasteiger partial charge in [-0.2, -0.15) is 0 Å². The number of ether oxygens (including phenoxy) is 1. The first kappa shape index (κ1) is 23.5. The van der Waals surface area contributed by atoms with Gasteiger partial charge in [0.2, 0.25) is 5.91 Å². The Bertz CT molecular complexity index is 1290. The Morgan fingerprint density at radius 3 is 2.35 bits per heavy atom. The number of aryl methyl sites for hydroxylation is 2. The summed E-state index contributed by atoms with van der Waals surface area (Å²) in [5.74, 6) is -0.296. The molecule has 2 aromatic carbocycles. The fourth-order valence-corrected chi connectivity index (χ4v) is 4.99. The molecule has 178 valence electrons. The van der Waals surface area contributed by atoms with E-state index in [1.54, 1.807) is 12.0 Å². The lowest BCUT2D eigenvalue weighted by molar-refractivity contribution is -0.148. The molecule has 0 aliphatic carbocycles. The summed E-state index contributed by atoms with van der Waals surface area (Å²) in [6, 6.07) is 12.9. The van der Waals surface area contributed by atoms with Crippen LogP contribution in [-0.4, -0.2) is 42.1 Å². The number of likely N-dealkylation sites (tertiary alicyclic amines) is 1. The van der Waals surface area contributed by atoms with Crippen molar-refractivity contribution in [2.24, 2.45) is 0 Å². The predicted molar refractivity (Wildman–Crippen MR) is 128 cm³/mol. The van der Waals surface area contributed by atoms with Crippen LogP contribution in [0.25, 0.3) is 11.0 Å². The second-order valence-electron chi connectivity index (χ2n) is 8.90. The number of carbonyl (C=O) groups is 2. The Kier molecular flexibility index (Phi) is 6.46. The van der Waals surface area contributed by atoms with Crippen molar-refractivity contribution in [1.82, 2.24) is 4.90 Å². The smallest absolute Gasteiger partial charge is 0.339 e. The molecule has 1 amide bonds. The number of hydrogen-bond acceptors (Lipinski definition) is 5. The van der Waals surface area contributed by atoms with Crippen molar-refractivity contribution in [3.8, 4) is 5.75 Å². The predicted octanol–water partition coefficient (Wildman–Crippen LogP) is 4.00. The van der Waals surface area contributed by atoms with Gasteiger partial charge in [-0.15, -0.1) is 0 Å². The molecule has 1 N–H and O–H groups in total. The summed E-state index contributed by atoms with van der Waals surface area (Å²) in [5.41, 5.74) is 1.90. The van der Waals surface area contributed by atoms with Crippen LogP contribution in [0.2, 0.25) is 0 Å². The third kappa shape index (κ3) is 4.06. The van der Waals surface area contributed by atoms with Gasteiger partial charge in [0, 0.05) is 36.0 Å². The van der Waals surface area contributed by atoms with E-state index >= 15 is 0 Å². The van der Waals surface area contributed by atoms with Crippen LogP contribution in [0.4, 0.5) is 0 Å². The van der Waals surface area contributed by atoms with Crippen LogP contribution < -0.4 is 10.4 Å². The van der Waals surface area contributed by atoms with Crippen LogP contribution >= 0.6 is 0 Å². The normalized spacial score (nSPS) is 15.3. The van der Waals surface area contributed by atoms with Crippen molar-refractivity contribution >= 4 is 22.8 Å². The first-order valence-electron chi connectivity index (χ1n) is 11.4. The first-order chi connectivity index (χ1) is 16.3. The number of carboxylic acids is 1. The molecule has 7 nitrogen and oxygen atoms in total. The highest BCUT2D eigenvalue weighted by atomic mass is 16.5. The molecule has 1 aliphatic rings. The summed E-state index contributed by atoms with van der Waals surface area (Å²) >= 11 is 0. The molecule has 1 aromatic heterocycles. The van der Waals surface area contributed by atoms with Gasteiger partial charge in [0.25, 0.3) is 0 Å². The zero-order valence-corrected chi connectivity index (χ0v) is 19.7. The summed E-state index contributed by atoms with van der Waals surface area (Å²) in [4.78, 5) is 39.5. The molecule has 1 fully saturated rings. The highest BCUT2D eigenvalue weighted by molar-refractivity contribution is 5.86. The number of aliphatic carboxylic acids is 1. The Morgan fingerprint density at radius 2 is 1.74 bits per heavy atom. The average molecular weight is 464 g/mol. The third-order valence-corrected chi connectivity index (χ3v) is 7.17. The van der Waals surface area contributed by atoms with E-state index in [0.29, 0.717) is 42.8 Å². The van der Waals surface area contributed by atoms with Crippen molar-refractivity contribution in [3.63, 3.8) is 0 Å². The summed E-state index contributed by atoms with van der Waals surface area (Å²) in [6.07, 6.45) is 1.15. The lowest BCUT2D eigenvalue weighted by atomic mass is 9.73. The van der Waals surface area contributed by atoms with Crippen LogP contribution in [0, 0.1) is 13.8 Å². The number of methoxy groups -OCH3 is 1. The number of hydrogen-bond donors (Lipinski definition) is 1. The fourth-order valence-electron chi connectivity index (χ4n) is 4.99. The molecule has 0 spiro atoms. The lowest BCUT2D eigenvalue weighted by Crippen LogP contribution is -2.49. The third-order valence-electron chi connectivity index (χ3n) is 7.17. The van der Waals surface area contributed by atoms with Gasteiger partial charge in [-0.25, -0.2) is 4.79 Å². The molecule has 3 aromatic rings. The topological polar surface area (TPSA) is 97.0 Å². The minimum Gasteiger partial charge on any atom is -0.496 e. The minimum absolute atomic E-state index is 0.0862. The first-order valence-corrected chi connectivity index (χ1v) is 11.4. The number of rotatable bonds is 6. The Labute approximate surface area is 198 Å². The summed E-state index contributed by atoms with van der Waals surface area (Å²) < 4.78 is 10.9. The summed E-state index contributed by atoms with van der Waals surface area (Å²) in [6.45, 7) is 4.44. The minimum atomic E-state index is -0.979. The maximum atomic E-state index is 12.9. The zero-order valence-electron chi connectivity index (χ0n) is 19.7. The highest BCUT2D eigenvalue weighted by Gasteiger charge is 2.43. The van der Waals surface area contributed by atoms with Crippen LogP contribution in [0.15, 0.2) is 51.7 Å². The zero-order chi connectivity index (χ0) is 24.5. The molecular formula is C27H29NO6. The van der Waals surface area contributed by atoms with E-state index in [0.717, 1.165) is 22.1 Å². The standard InChI is InChI=1S/C27H29NO6/c1-17-20-9-11-22(33-3)18(2)24(20)34-25(30)21(17)10-12-23(29)28-15-13-27(14-16-28,26(31)32)19-7-5-4-6-8-19/h4-9,11H,10,12-16H2,1-3H3,(H,31,32). The number of nitrogens with zero attached hydrogens (tertiary/aromatic N) is 1. The van der Waals surface area contributed by atoms with Gasteiger partial charge in [0.15, 0.2) is 0 Å². The Hall–Kier alpha value is -3.61. The number of amides is 1. The van der Waals surface area contributed by atoms with Gasteiger partial charge in [-0.3, -0.25) is 9.59 Å². The van der Waals surface area contributed by atoms with Crippen LogP contribution in [0.3, 0.4) is 0 Å². The molecule has 7 heteroatoms. The molecule has 0 atom stereocenters. The summed E-state index contributed by atoms with van der Waals surface area (Å²) in [7, 11) is 1.57. The Morgan fingerprint density at radius 1 is 1.06 bits per heavy atom. The molecule has 1 aliphatic heterocycles. The van der Waals surface area contributed by atoms with E-state index in [-0.39, 0.29) is 18.7 Å². The second-order valence-corrected chi connectivity index (χ2v) is 8.90. The number of piperidine rings is 1. The largest absolute Gasteiger partial charge is 0.496 e. The van der Waals surface area contributed by atoms with E-state index in [1.807, 2.05) is 56.3 Å². The van der Waals surface area contributed by atoms with Gasteiger partial charge < -0.3 is 19.2 Å². The van der Waals surface area contributed by atoms with E-state index < -0.39 is 17.0 Å². The molecule has 1 saturated heterocycles. The monoisotopic (exact) mass is 463 g/mol. The molecular weight excluding hydrogens is 434 g/mol. The molecule has 34 heavy (non-hydrogen) atoms. The van der Waals surface area contributed by atoms with Gasteiger partial charge in [0.05, 0.1) is 12.5 Å². The molecule has 2 heterocycles. The molecule has 0 radical (unpaired) electrons. The lowest BCUT2D eigenvalue weighted by Gasteiger charge is -2.39. The van der Waals surface area contributed by atoms with Gasteiger partial charge in [0.1, 0.15) is 11.3 Å². The number of carboxylic acid groups (broad SMARTS) is 1.